The van der Waals surface area contributed by atoms with E-state index in [1.54, 1.807) is 0 Å². The van der Waals surface area contributed by atoms with Crippen LogP contribution in [-0.4, -0.2) is 38.1 Å². The van der Waals surface area contributed by atoms with Gasteiger partial charge in [-0.1, -0.05) is 48.0 Å². The van der Waals surface area contributed by atoms with Crippen LogP contribution in [0, 0.1) is 12.8 Å². The van der Waals surface area contributed by atoms with Crippen LogP contribution in [0.5, 0.6) is 0 Å². The standard InChI is InChI=1S/C26H34N4O2/c1-3-27-26(29-17-21-15-24(31)30-23-9-5-4-8-22(21)23)28-16-20-7-6-14-32-25(20)19-12-10-18(2)11-13-19/h4-5,8-13,20-21,25H,3,6-7,14-17H2,1-2H3,(H,30,31)(H2,27,28,29). The molecule has 2 heterocycles. The molecule has 3 unspecified atom stereocenters. The van der Waals surface area contributed by atoms with Gasteiger partial charge < -0.3 is 20.7 Å². The number of hydrogen-bond acceptors (Lipinski definition) is 3. The third kappa shape index (κ3) is 5.49. The van der Waals surface area contributed by atoms with Crippen molar-refractivity contribution in [2.45, 2.75) is 45.1 Å². The van der Waals surface area contributed by atoms with Crippen LogP contribution in [0.25, 0.3) is 0 Å². The molecule has 1 saturated heterocycles. The van der Waals surface area contributed by atoms with Crippen molar-refractivity contribution in [1.29, 1.82) is 0 Å². The van der Waals surface area contributed by atoms with Crippen molar-refractivity contribution in [3.8, 4) is 0 Å². The van der Waals surface area contributed by atoms with Gasteiger partial charge in [-0.3, -0.25) is 9.79 Å². The number of ether oxygens (including phenoxy) is 1. The summed E-state index contributed by atoms with van der Waals surface area (Å²) in [5.74, 6) is 1.34. The van der Waals surface area contributed by atoms with E-state index in [0.717, 1.165) is 37.6 Å². The van der Waals surface area contributed by atoms with E-state index in [4.69, 9.17) is 9.73 Å². The third-order valence-corrected chi connectivity index (χ3v) is 6.30. The Morgan fingerprint density at radius 3 is 2.78 bits per heavy atom. The largest absolute Gasteiger partial charge is 0.373 e. The predicted molar refractivity (Wildman–Crippen MR) is 129 cm³/mol. The molecule has 1 amide bonds. The first-order valence-electron chi connectivity index (χ1n) is 11.7. The van der Waals surface area contributed by atoms with Crippen molar-refractivity contribution in [2.75, 3.05) is 31.6 Å². The molecular weight excluding hydrogens is 400 g/mol. The monoisotopic (exact) mass is 434 g/mol. The minimum atomic E-state index is 0.0673. The van der Waals surface area contributed by atoms with Crippen molar-refractivity contribution < 1.29 is 9.53 Å². The Kier molecular flexibility index (Phi) is 7.43. The fourth-order valence-corrected chi connectivity index (χ4v) is 4.61. The molecule has 32 heavy (non-hydrogen) atoms. The van der Waals surface area contributed by atoms with Gasteiger partial charge in [-0.2, -0.15) is 0 Å². The summed E-state index contributed by atoms with van der Waals surface area (Å²) in [6, 6.07) is 16.7. The van der Waals surface area contributed by atoms with Crippen LogP contribution < -0.4 is 16.0 Å². The number of fused-ring (bicyclic) bond motifs is 1. The Labute approximate surface area is 190 Å². The Morgan fingerprint density at radius 1 is 1.16 bits per heavy atom. The summed E-state index contributed by atoms with van der Waals surface area (Å²) in [6.45, 7) is 7.14. The molecule has 1 fully saturated rings. The molecular formula is C26H34N4O2. The van der Waals surface area contributed by atoms with Crippen molar-refractivity contribution in [3.05, 3.63) is 65.2 Å². The molecule has 2 aromatic carbocycles. The number of aliphatic imine (C=N–C) groups is 1. The molecule has 2 aliphatic heterocycles. The number of carbonyl (C=O) groups is 1. The zero-order valence-corrected chi connectivity index (χ0v) is 19.1. The highest BCUT2D eigenvalue weighted by Gasteiger charge is 2.28. The molecule has 3 atom stereocenters. The van der Waals surface area contributed by atoms with E-state index < -0.39 is 0 Å². The SMILES string of the molecule is CCNC(=NCC1CCCOC1c1ccc(C)cc1)NCC1CC(=O)Nc2ccccc21. The van der Waals surface area contributed by atoms with Crippen LogP contribution in [0.15, 0.2) is 53.5 Å². The number of aryl methyl sites for hydroxylation is 1. The van der Waals surface area contributed by atoms with Gasteiger partial charge in [0.2, 0.25) is 5.91 Å². The van der Waals surface area contributed by atoms with Gasteiger partial charge in [-0.25, -0.2) is 0 Å². The number of anilines is 1. The topological polar surface area (TPSA) is 74.8 Å². The van der Waals surface area contributed by atoms with E-state index >= 15 is 0 Å². The van der Waals surface area contributed by atoms with Gasteiger partial charge in [0.05, 0.1) is 6.10 Å². The van der Waals surface area contributed by atoms with E-state index in [-0.39, 0.29) is 17.9 Å². The molecule has 0 saturated carbocycles. The normalized spacial score (nSPS) is 23.2. The highest BCUT2D eigenvalue weighted by atomic mass is 16.5. The molecule has 6 heteroatoms. The molecule has 170 valence electrons. The van der Waals surface area contributed by atoms with Crippen LogP contribution in [0.2, 0.25) is 0 Å². The van der Waals surface area contributed by atoms with Crippen LogP contribution in [0.4, 0.5) is 5.69 Å². The summed E-state index contributed by atoms with van der Waals surface area (Å²) >= 11 is 0. The van der Waals surface area contributed by atoms with E-state index in [1.165, 1.54) is 16.7 Å². The Bertz CT molecular complexity index is 941. The lowest BCUT2D eigenvalue weighted by Crippen LogP contribution is -2.41. The third-order valence-electron chi connectivity index (χ3n) is 6.30. The maximum atomic E-state index is 12.1. The van der Waals surface area contributed by atoms with Gasteiger partial charge in [-0.15, -0.1) is 0 Å². The first-order valence-corrected chi connectivity index (χ1v) is 11.7. The number of hydrogen-bond donors (Lipinski definition) is 3. The maximum absolute atomic E-state index is 12.1. The van der Waals surface area contributed by atoms with E-state index in [2.05, 4.69) is 60.1 Å². The fourth-order valence-electron chi connectivity index (χ4n) is 4.61. The summed E-state index contributed by atoms with van der Waals surface area (Å²) in [7, 11) is 0. The first-order chi connectivity index (χ1) is 15.6. The van der Waals surface area contributed by atoms with Gasteiger partial charge in [0, 0.05) is 50.2 Å². The molecule has 0 spiro atoms. The van der Waals surface area contributed by atoms with Crippen molar-refractivity contribution in [1.82, 2.24) is 10.6 Å². The molecule has 0 aliphatic carbocycles. The minimum absolute atomic E-state index is 0.0673. The molecule has 2 aromatic rings. The summed E-state index contributed by atoms with van der Waals surface area (Å²) in [5, 5.41) is 9.80. The molecule has 0 bridgehead atoms. The number of amides is 1. The average Bonchev–Trinajstić information content (AvgIpc) is 2.81. The van der Waals surface area contributed by atoms with Crippen LogP contribution in [0.1, 0.15) is 54.9 Å². The lowest BCUT2D eigenvalue weighted by Gasteiger charge is -2.31. The van der Waals surface area contributed by atoms with Crippen molar-refractivity contribution in [2.24, 2.45) is 10.9 Å². The zero-order valence-electron chi connectivity index (χ0n) is 19.1. The molecule has 2 aliphatic rings. The molecule has 0 radical (unpaired) electrons. The van der Waals surface area contributed by atoms with Crippen molar-refractivity contribution >= 4 is 17.6 Å². The smallest absolute Gasteiger partial charge is 0.225 e. The van der Waals surface area contributed by atoms with Gasteiger partial charge in [0.25, 0.3) is 0 Å². The van der Waals surface area contributed by atoms with Gasteiger partial charge in [0.1, 0.15) is 0 Å². The number of rotatable bonds is 6. The van der Waals surface area contributed by atoms with Crippen LogP contribution >= 0.6 is 0 Å². The molecule has 4 rings (SSSR count). The lowest BCUT2D eigenvalue weighted by atomic mass is 9.89. The highest BCUT2D eigenvalue weighted by molar-refractivity contribution is 5.94. The number of nitrogens with zero attached hydrogens (tertiary/aromatic N) is 1. The number of nitrogens with one attached hydrogen (secondary N) is 3. The van der Waals surface area contributed by atoms with Crippen LogP contribution in [0.3, 0.4) is 0 Å². The van der Waals surface area contributed by atoms with E-state index in [0.29, 0.717) is 25.4 Å². The van der Waals surface area contributed by atoms with Gasteiger partial charge in [0.15, 0.2) is 5.96 Å². The number of para-hydroxylation sites is 1. The predicted octanol–water partition coefficient (Wildman–Crippen LogP) is 4.14. The summed E-state index contributed by atoms with van der Waals surface area (Å²) in [6.07, 6.45) is 2.75. The number of guanidine groups is 1. The second kappa shape index (κ2) is 10.6. The van der Waals surface area contributed by atoms with E-state index in [9.17, 15) is 4.79 Å². The second-order valence-electron chi connectivity index (χ2n) is 8.74. The Hall–Kier alpha value is -2.86. The number of carbonyl (C=O) groups excluding carboxylic acids is 1. The quantitative estimate of drug-likeness (QED) is 0.472. The van der Waals surface area contributed by atoms with Crippen LogP contribution in [-0.2, 0) is 9.53 Å². The summed E-state index contributed by atoms with van der Waals surface area (Å²) in [5.41, 5.74) is 4.59. The fraction of sp³-hybridized carbons (Fsp3) is 0.462. The Morgan fingerprint density at radius 2 is 1.97 bits per heavy atom. The average molecular weight is 435 g/mol. The molecule has 0 aromatic heterocycles. The number of benzene rings is 2. The molecule has 3 N–H and O–H groups in total. The summed E-state index contributed by atoms with van der Waals surface area (Å²) in [4.78, 5) is 17.0. The van der Waals surface area contributed by atoms with Gasteiger partial charge in [-0.05, 0) is 43.9 Å². The first kappa shape index (κ1) is 22.3. The lowest BCUT2D eigenvalue weighted by molar-refractivity contribution is -0.116. The van der Waals surface area contributed by atoms with Crippen molar-refractivity contribution in [3.63, 3.8) is 0 Å². The zero-order chi connectivity index (χ0) is 22.3. The minimum Gasteiger partial charge on any atom is -0.373 e. The molecule has 6 nitrogen and oxygen atoms in total. The Balaban J connectivity index is 1.42. The second-order valence-corrected chi connectivity index (χ2v) is 8.74. The maximum Gasteiger partial charge on any atom is 0.225 e. The van der Waals surface area contributed by atoms with E-state index in [1.807, 2.05) is 18.2 Å². The highest BCUT2D eigenvalue weighted by Crippen LogP contribution is 2.34. The summed E-state index contributed by atoms with van der Waals surface area (Å²) < 4.78 is 6.16. The van der Waals surface area contributed by atoms with Gasteiger partial charge >= 0.3 is 0 Å².